The molecule has 18 heavy (non-hydrogen) atoms. The van der Waals surface area contributed by atoms with E-state index in [2.05, 4.69) is 18.6 Å². The monoisotopic (exact) mass is 271 g/mol. The van der Waals surface area contributed by atoms with Gasteiger partial charge in [0.1, 0.15) is 0 Å². The Labute approximate surface area is 110 Å². The number of hydrogen-bond acceptors (Lipinski definition) is 3. The van der Waals surface area contributed by atoms with E-state index in [1.165, 1.54) is 0 Å². The summed E-state index contributed by atoms with van der Waals surface area (Å²) in [5.41, 5.74) is 0.953. The summed E-state index contributed by atoms with van der Waals surface area (Å²) in [6.45, 7) is 5.91. The number of benzene rings is 1. The third-order valence-corrected chi connectivity index (χ3v) is 3.59. The summed E-state index contributed by atoms with van der Waals surface area (Å²) in [7, 11) is -3.67. The first-order valence-corrected chi connectivity index (χ1v) is 7.57. The normalized spacial score (nSPS) is 13.8. The van der Waals surface area contributed by atoms with Crippen LogP contribution in [0.5, 0.6) is 0 Å². The number of rotatable bonds is 7. The molecule has 0 aliphatic heterocycles. The van der Waals surface area contributed by atoms with E-state index in [1.807, 2.05) is 30.3 Å². The van der Waals surface area contributed by atoms with Crippen LogP contribution in [0.25, 0.3) is 0 Å². The van der Waals surface area contributed by atoms with Crippen molar-refractivity contribution in [2.24, 2.45) is 5.92 Å². The minimum absolute atomic E-state index is 0.137. The second-order valence-corrected chi connectivity index (χ2v) is 5.95. The average molecular weight is 271 g/mol. The van der Waals surface area contributed by atoms with E-state index in [0.29, 0.717) is 5.92 Å². The highest BCUT2D eigenvalue weighted by Gasteiger charge is 2.20. The van der Waals surface area contributed by atoms with Crippen molar-refractivity contribution in [1.82, 2.24) is 4.72 Å². The lowest BCUT2D eigenvalue weighted by Crippen LogP contribution is -2.31. The van der Waals surface area contributed by atoms with E-state index < -0.39 is 10.3 Å². The molecule has 0 aliphatic rings. The lowest BCUT2D eigenvalue weighted by molar-refractivity contribution is 0.321. The molecule has 0 amide bonds. The predicted octanol–water partition coefficient (Wildman–Crippen LogP) is 2.64. The molecule has 1 N–H and O–H groups in total. The van der Waals surface area contributed by atoms with Gasteiger partial charge in [0.15, 0.2) is 0 Å². The first-order chi connectivity index (χ1) is 8.44. The Kier molecular flexibility index (Phi) is 5.78. The van der Waals surface area contributed by atoms with Gasteiger partial charge >= 0.3 is 10.3 Å². The summed E-state index contributed by atoms with van der Waals surface area (Å²) in [6, 6.07) is 9.30. The second kappa shape index (κ2) is 6.87. The van der Waals surface area contributed by atoms with Crippen molar-refractivity contribution in [3.8, 4) is 0 Å². The zero-order valence-corrected chi connectivity index (χ0v) is 11.9. The van der Waals surface area contributed by atoms with Crippen molar-refractivity contribution in [3.63, 3.8) is 0 Å². The molecule has 0 saturated heterocycles. The van der Waals surface area contributed by atoms with Gasteiger partial charge in [0, 0.05) is 6.04 Å². The summed E-state index contributed by atoms with van der Waals surface area (Å²) in [6.07, 6.45) is 0.732. The van der Waals surface area contributed by atoms with Crippen molar-refractivity contribution >= 4 is 10.3 Å². The molecule has 0 spiro atoms. The maximum atomic E-state index is 11.7. The van der Waals surface area contributed by atoms with Crippen LogP contribution in [0.4, 0.5) is 0 Å². The summed E-state index contributed by atoms with van der Waals surface area (Å²) in [5.74, 6) is 0.388. The minimum atomic E-state index is -3.67. The summed E-state index contributed by atoms with van der Waals surface area (Å²) in [4.78, 5) is 0. The smallest absolute Gasteiger partial charge is 0.258 e. The van der Waals surface area contributed by atoms with Crippen LogP contribution < -0.4 is 4.72 Å². The highest BCUT2D eigenvalue weighted by molar-refractivity contribution is 7.84. The lowest BCUT2D eigenvalue weighted by Gasteiger charge is -2.20. The predicted molar refractivity (Wildman–Crippen MR) is 72.3 cm³/mol. The number of nitrogens with one attached hydrogen (secondary N) is 1. The van der Waals surface area contributed by atoms with Crippen LogP contribution in [0.2, 0.25) is 0 Å². The van der Waals surface area contributed by atoms with Gasteiger partial charge in [-0.3, -0.25) is 4.18 Å². The molecule has 1 aromatic rings. The van der Waals surface area contributed by atoms with Crippen molar-refractivity contribution in [1.29, 1.82) is 0 Å². The quantitative estimate of drug-likeness (QED) is 0.829. The summed E-state index contributed by atoms with van der Waals surface area (Å²) in [5, 5.41) is 0. The van der Waals surface area contributed by atoms with E-state index in [0.717, 1.165) is 12.0 Å². The molecule has 0 bridgehead atoms. The Morgan fingerprint density at radius 3 is 2.33 bits per heavy atom. The number of hydrogen-bond donors (Lipinski definition) is 1. The molecule has 0 heterocycles. The molecule has 4 nitrogen and oxygen atoms in total. The molecule has 102 valence electrons. The average Bonchev–Trinajstić information content (AvgIpc) is 2.28. The van der Waals surface area contributed by atoms with Gasteiger partial charge in [-0.25, -0.2) is 0 Å². The van der Waals surface area contributed by atoms with Crippen molar-refractivity contribution < 1.29 is 12.6 Å². The Hall–Kier alpha value is -0.910. The van der Waals surface area contributed by atoms with Gasteiger partial charge in [-0.05, 0) is 24.8 Å². The van der Waals surface area contributed by atoms with Gasteiger partial charge in [0.05, 0.1) is 6.61 Å². The molecule has 1 aromatic carbocycles. The maximum absolute atomic E-state index is 11.7. The zero-order chi connectivity index (χ0) is 13.6. The van der Waals surface area contributed by atoms with Crippen molar-refractivity contribution in [2.75, 3.05) is 6.61 Å². The molecular weight excluding hydrogens is 250 g/mol. The van der Waals surface area contributed by atoms with Crippen molar-refractivity contribution in [3.05, 3.63) is 35.9 Å². The standard InChI is InChI=1S/C13H21NO3S/c1-4-17-18(15,16)14-13(10-11(2)3)12-8-6-5-7-9-12/h5-9,11,13-14H,4,10H2,1-3H3. The van der Waals surface area contributed by atoms with Crippen LogP contribution in [-0.2, 0) is 14.5 Å². The molecule has 0 saturated carbocycles. The highest BCUT2D eigenvalue weighted by Crippen LogP contribution is 2.22. The Bertz CT molecular complexity index is 443. The van der Waals surface area contributed by atoms with Crippen LogP contribution in [0.1, 0.15) is 38.8 Å². The molecule has 1 unspecified atom stereocenters. The van der Waals surface area contributed by atoms with Gasteiger partial charge in [0.2, 0.25) is 0 Å². The Morgan fingerprint density at radius 1 is 1.22 bits per heavy atom. The fraction of sp³-hybridized carbons (Fsp3) is 0.538. The molecular formula is C13H21NO3S. The second-order valence-electron chi connectivity index (χ2n) is 4.57. The van der Waals surface area contributed by atoms with Crippen molar-refractivity contribution in [2.45, 2.75) is 33.2 Å². The van der Waals surface area contributed by atoms with Crippen LogP contribution >= 0.6 is 0 Å². The van der Waals surface area contributed by atoms with Gasteiger partial charge in [-0.15, -0.1) is 0 Å². The van der Waals surface area contributed by atoms with Gasteiger partial charge < -0.3 is 0 Å². The van der Waals surface area contributed by atoms with Crippen LogP contribution in [0.15, 0.2) is 30.3 Å². The SMILES string of the molecule is CCOS(=O)(=O)NC(CC(C)C)c1ccccc1. The molecule has 0 radical (unpaired) electrons. The van der Waals surface area contributed by atoms with Gasteiger partial charge in [0.25, 0.3) is 0 Å². The third-order valence-electron chi connectivity index (χ3n) is 2.47. The van der Waals surface area contributed by atoms with Crippen LogP contribution in [-0.4, -0.2) is 15.0 Å². The molecule has 1 rings (SSSR count). The third kappa shape index (κ3) is 5.16. The first kappa shape index (κ1) is 15.1. The van der Waals surface area contributed by atoms with E-state index in [-0.39, 0.29) is 12.6 Å². The topological polar surface area (TPSA) is 55.4 Å². The zero-order valence-electron chi connectivity index (χ0n) is 11.1. The highest BCUT2D eigenvalue weighted by atomic mass is 32.2. The van der Waals surface area contributed by atoms with E-state index >= 15 is 0 Å². The van der Waals surface area contributed by atoms with E-state index in [4.69, 9.17) is 4.18 Å². The van der Waals surface area contributed by atoms with Gasteiger partial charge in [-0.2, -0.15) is 13.1 Å². The molecule has 5 heteroatoms. The molecule has 0 aromatic heterocycles. The fourth-order valence-electron chi connectivity index (χ4n) is 1.77. The van der Waals surface area contributed by atoms with E-state index in [1.54, 1.807) is 6.92 Å². The molecule has 0 fully saturated rings. The lowest BCUT2D eigenvalue weighted by atomic mass is 9.98. The fourth-order valence-corrected chi connectivity index (χ4v) is 2.73. The Morgan fingerprint density at radius 2 is 1.83 bits per heavy atom. The Balaban J connectivity index is 2.86. The minimum Gasteiger partial charge on any atom is -0.258 e. The summed E-state index contributed by atoms with van der Waals surface area (Å²) >= 11 is 0. The molecule has 0 aliphatic carbocycles. The van der Waals surface area contributed by atoms with E-state index in [9.17, 15) is 8.42 Å². The van der Waals surface area contributed by atoms with Gasteiger partial charge in [-0.1, -0.05) is 44.2 Å². The first-order valence-electron chi connectivity index (χ1n) is 6.16. The van der Waals surface area contributed by atoms with Crippen LogP contribution in [0.3, 0.4) is 0 Å². The largest absolute Gasteiger partial charge is 0.336 e. The molecule has 1 atom stereocenters. The van der Waals surface area contributed by atoms with Crippen LogP contribution in [0, 0.1) is 5.92 Å². The summed E-state index contributed by atoms with van der Waals surface area (Å²) < 4.78 is 30.6. The maximum Gasteiger partial charge on any atom is 0.336 e.